The van der Waals surface area contributed by atoms with Crippen LogP contribution >= 0.6 is 11.8 Å². The van der Waals surface area contributed by atoms with Crippen LogP contribution in [0.3, 0.4) is 0 Å². The van der Waals surface area contributed by atoms with Crippen molar-refractivity contribution in [2.24, 2.45) is 0 Å². The minimum absolute atomic E-state index is 0.307. The first-order chi connectivity index (χ1) is 17.9. The van der Waals surface area contributed by atoms with Crippen molar-refractivity contribution in [2.75, 3.05) is 11.9 Å². The molecule has 1 aromatic heterocycles. The third-order valence-corrected chi connectivity index (χ3v) is 7.25. The zero-order valence-corrected chi connectivity index (χ0v) is 21.5. The van der Waals surface area contributed by atoms with Crippen LogP contribution < -0.4 is 5.32 Å². The summed E-state index contributed by atoms with van der Waals surface area (Å²) >= 11 is 0.861. The second kappa shape index (κ2) is 10.5. The SMILES string of the molecule is CC(C)c1ccc(NC(=O)CN2C(=O)S/C(=C\c3cn(Cc4ccccc4)c4ccccc34)C2=O)cc1. The van der Waals surface area contributed by atoms with Gasteiger partial charge in [-0.3, -0.25) is 19.3 Å². The smallest absolute Gasteiger partial charge is 0.294 e. The third kappa shape index (κ3) is 5.37. The maximum absolute atomic E-state index is 13.1. The number of nitrogens with zero attached hydrogens (tertiary/aromatic N) is 2. The highest BCUT2D eigenvalue weighted by Gasteiger charge is 2.36. The Kier molecular flexibility index (Phi) is 6.97. The molecule has 1 saturated heterocycles. The molecular formula is C30H27N3O3S. The van der Waals surface area contributed by atoms with E-state index >= 15 is 0 Å². The summed E-state index contributed by atoms with van der Waals surface area (Å²) in [5, 5.41) is 3.32. The largest absolute Gasteiger partial charge is 0.342 e. The molecule has 0 saturated carbocycles. The van der Waals surface area contributed by atoms with E-state index in [-0.39, 0.29) is 6.54 Å². The van der Waals surface area contributed by atoms with E-state index in [4.69, 9.17) is 0 Å². The summed E-state index contributed by atoms with van der Waals surface area (Å²) in [5.41, 5.74) is 4.86. The summed E-state index contributed by atoms with van der Waals surface area (Å²) in [6.07, 6.45) is 3.75. The van der Waals surface area contributed by atoms with Crippen LogP contribution in [0.5, 0.6) is 0 Å². The maximum Gasteiger partial charge on any atom is 0.294 e. The molecule has 1 aliphatic heterocycles. The van der Waals surface area contributed by atoms with Gasteiger partial charge in [0.05, 0.1) is 4.91 Å². The summed E-state index contributed by atoms with van der Waals surface area (Å²) in [5.74, 6) is -0.486. The standard InChI is InChI=1S/C30H27N3O3S/c1-20(2)22-12-14-24(15-13-22)31-28(34)19-33-29(35)27(37-30(33)36)16-23-18-32(17-21-8-4-3-5-9-21)26-11-7-6-10-25(23)26/h3-16,18,20H,17,19H2,1-2H3,(H,31,34)/b27-16-. The predicted octanol–water partition coefficient (Wildman–Crippen LogP) is 6.49. The van der Waals surface area contributed by atoms with Gasteiger partial charge in [0.1, 0.15) is 6.54 Å². The molecule has 37 heavy (non-hydrogen) atoms. The lowest BCUT2D eigenvalue weighted by Gasteiger charge is -2.13. The highest BCUT2D eigenvalue weighted by molar-refractivity contribution is 8.18. The fraction of sp³-hybridized carbons (Fsp3) is 0.167. The average molecular weight is 510 g/mol. The van der Waals surface area contributed by atoms with Gasteiger partial charge in [-0.25, -0.2) is 0 Å². The van der Waals surface area contributed by atoms with Crippen molar-refractivity contribution in [1.82, 2.24) is 9.47 Å². The first kappa shape index (κ1) is 24.6. The van der Waals surface area contributed by atoms with Crippen LogP contribution in [0.25, 0.3) is 17.0 Å². The van der Waals surface area contributed by atoms with Gasteiger partial charge < -0.3 is 9.88 Å². The molecule has 3 aromatic carbocycles. The summed E-state index contributed by atoms with van der Waals surface area (Å²) in [4.78, 5) is 39.6. The monoisotopic (exact) mass is 509 g/mol. The molecule has 3 amide bonds. The van der Waals surface area contributed by atoms with Gasteiger partial charge in [0.15, 0.2) is 0 Å². The topological polar surface area (TPSA) is 71.4 Å². The number of thioether (sulfide) groups is 1. The number of fused-ring (bicyclic) bond motifs is 1. The Morgan fingerprint density at radius 3 is 2.38 bits per heavy atom. The molecule has 1 N–H and O–H groups in total. The lowest BCUT2D eigenvalue weighted by atomic mass is 10.0. The molecule has 5 rings (SSSR count). The molecule has 7 heteroatoms. The Labute approximate surface area is 220 Å². The number of carbonyl (C=O) groups excluding carboxylic acids is 3. The molecule has 1 fully saturated rings. The molecule has 0 bridgehead atoms. The van der Waals surface area contributed by atoms with Crippen molar-refractivity contribution in [3.8, 4) is 0 Å². The second-order valence-electron chi connectivity index (χ2n) is 9.31. The van der Waals surface area contributed by atoms with E-state index in [1.54, 1.807) is 6.08 Å². The molecule has 6 nitrogen and oxygen atoms in total. The van der Waals surface area contributed by atoms with Gasteiger partial charge in [0.2, 0.25) is 5.91 Å². The number of carbonyl (C=O) groups is 3. The Balaban J connectivity index is 1.33. The molecule has 1 aliphatic rings. The van der Waals surface area contributed by atoms with Crippen molar-refractivity contribution in [3.63, 3.8) is 0 Å². The van der Waals surface area contributed by atoms with Crippen molar-refractivity contribution in [1.29, 1.82) is 0 Å². The van der Waals surface area contributed by atoms with Gasteiger partial charge in [-0.15, -0.1) is 0 Å². The Morgan fingerprint density at radius 2 is 1.65 bits per heavy atom. The fourth-order valence-corrected chi connectivity index (χ4v) is 5.20. The average Bonchev–Trinajstić information content (AvgIpc) is 3.36. The van der Waals surface area contributed by atoms with Crippen LogP contribution in [0.1, 0.15) is 36.5 Å². The molecule has 0 radical (unpaired) electrons. The molecule has 4 aromatic rings. The third-order valence-electron chi connectivity index (χ3n) is 6.34. The van der Waals surface area contributed by atoms with Gasteiger partial charge in [-0.1, -0.05) is 74.5 Å². The fourth-order valence-electron chi connectivity index (χ4n) is 4.37. The van der Waals surface area contributed by atoms with E-state index in [2.05, 4.69) is 35.9 Å². The van der Waals surface area contributed by atoms with Crippen LogP contribution in [0.2, 0.25) is 0 Å². The van der Waals surface area contributed by atoms with Gasteiger partial charge in [-0.05, 0) is 53.1 Å². The summed E-state index contributed by atoms with van der Waals surface area (Å²) in [6.45, 7) is 4.56. The van der Waals surface area contributed by atoms with Crippen molar-refractivity contribution in [2.45, 2.75) is 26.3 Å². The number of hydrogen-bond donors (Lipinski definition) is 1. The van der Waals surface area contributed by atoms with Crippen molar-refractivity contribution in [3.05, 3.63) is 107 Å². The molecule has 0 aliphatic carbocycles. The van der Waals surface area contributed by atoms with E-state index in [1.165, 1.54) is 11.1 Å². The molecule has 0 spiro atoms. The summed E-state index contributed by atoms with van der Waals surface area (Å²) in [6, 6.07) is 25.7. The van der Waals surface area contributed by atoms with E-state index in [1.807, 2.05) is 72.9 Å². The summed E-state index contributed by atoms with van der Waals surface area (Å²) in [7, 11) is 0. The first-order valence-corrected chi connectivity index (χ1v) is 13.0. The number of hydrogen-bond acceptors (Lipinski definition) is 4. The summed E-state index contributed by atoms with van der Waals surface area (Å²) < 4.78 is 2.14. The van der Waals surface area contributed by atoms with Crippen LogP contribution in [0, 0.1) is 0 Å². The predicted molar refractivity (Wildman–Crippen MR) is 149 cm³/mol. The van der Waals surface area contributed by atoms with E-state index in [9.17, 15) is 14.4 Å². The number of imide groups is 1. The van der Waals surface area contributed by atoms with E-state index < -0.39 is 17.1 Å². The van der Waals surface area contributed by atoms with Crippen molar-refractivity contribution >= 4 is 51.5 Å². The Morgan fingerprint density at radius 1 is 0.946 bits per heavy atom. The van der Waals surface area contributed by atoms with Crippen LogP contribution in [0.15, 0.2) is 90.0 Å². The van der Waals surface area contributed by atoms with Crippen molar-refractivity contribution < 1.29 is 14.4 Å². The Hall–Kier alpha value is -4.10. The minimum Gasteiger partial charge on any atom is -0.342 e. The van der Waals surface area contributed by atoms with Crippen LogP contribution in [-0.4, -0.2) is 33.1 Å². The highest BCUT2D eigenvalue weighted by atomic mass is 32.2. The van der Waals surface area contributed by atoms with Gasteiger partial charge >= 0.3 is 0 Å². The molecule has 0 unspecified atom stereocenters. The minimum atomic E-state index is -0.458. The van der Waals surface area contributed by atoms with Gasteiger partial charge in [0.25, 0.3) is 11.1 Å². The normalized spacial score (nSPS) is 14.8. The quantitative estimate of drug-likeness (QED) is 0.289. The molecular weight excluding hydrogens is 482 g/mol. The number of para-hydroxylation sites is 1. The number of benzene rings is 3. The number of anilines is 1. The lowest BCUT2D eigenvalue weighted by Crippen LogP contribution is -2.36. The van der Waals surface area contributed by atoms with Gasteiger partial charge in [-0.2, -0.15) is 0 Å². The van der Waals surface area contributed by atoms with Crippen LogP contribution in [0.4, 0.5) is 10.5 Å². The van der Waals surface area contributed by atoms with E-state index in [0.29, 0.717) is 23.1 Å². The Bertz CT molecular complexity index is 1500. The molecule has 0 atom stereocenters. The molecule has 2 heterocycles. The first-order valence-electron chi connectivity index (χ1n) is 12.2. The number of amides is 3. The number of nitrogens with one attached hydrogen (secondary N) is 1. The number of rotatable bonds is 7. The maximum atomic E-state index is 13.1. The van der Waals surface area contributed by atoms with Crippen LogP contribution in [-0.2, 0) is 16.1 Å². The zero-order valence-electron chi connectivity index (χ0n) is 20.7. The number of aromatic nitrogens is 1. The zero-order chi connectivity index (χ0) is 25.9. The highest BCUT2D eigenvalue weighted by Crippen LogP contribution is 2.34. The van der Waals surface area contributed by atoms with E-state index in [0.717, 1.165) is 33.1 Å². The molecule has 186 valence electrons. The van der Waals surface area contributed by atoms with Gasteiger partial charge in [0, 0.05) is 34.9 Å². The lowest BCUT2D eigenvalue weighted by molar-refractivity contribution is -0.127. The second-order valence-corrected chi connectivity index (χ2v) is 10.3.